The number of hydrogen-bond donors (Lipinski definition) is 1. The van der Waals surface area contributed by atoms with Crippen molar-refractivity contribution in [2.75, 3.05) is 5.32 Å². The Kier molecular flexibility index (Phi) is 4.33. The van der Waals surface area contributed by atoms with E-state index in [4.69, 9.17) is 28.5 Å². The van der Waals surface area contributed by atoms with Gasteiger partial charge in [-0.2, -0.15) is 5.26 Å². The van der Waals surface area contributed by atoms with Crippen molar-refractivity contribution in [3.8, 4) is 6.07 Å². The van der Waals surface area contributed by atoms with Gasteiger partial charge in [0.25, 0.3) is 0 Å². The van der Waals surface area contributed by atoms with Gasteiger partial charge in [0.1, 0.15) is 6.07 Å². The van der Waals surface area contributed by atoms with Crippen LogP contribution in [0.5, 0.6) is 0 Å². The maximum absolute atomic E-state index is 8.80. The third-order valence-corrected chi connectivity index (χ3v) is 3.74. The molecule has 90 valence electrons. The van der Waals surface area contributed by atoms with Gasteiger partial charge in [-0.15, -0.1) is 0 Å². The lowest BCUT2D eigenvalue weighted by Gasteiger charge is -2.09. The Bertz CT molecular complexity index is 635. The van der Waals surface area contributed by atoms with E-state index in [2.05, 4.69) is 27.9 Å². The highest BCUT2D eigenvalue weighted by Gasteiger charge is 2.04. The van der Waals surface area contributed by atoms with Crippen LogP contribution in [-0.2, 0) is 0 Å². The van der Waals surface area contributed by atoms with Gasteiger partial charge in [0.15, 0.2) is 0 Å². The lowest BCUT2D eigenvalue weighted by molar-refractivity contribution is 1.47. The zero-order valence-corrected chi connectivity index (χ0v) is 12.7. The quantitative estimate of drug-likeness (QED) is 0.716. The SMILES string of the molecule is N#Cc1ccc(Nc2ccc(Cl)cc2I)cc1Cl. The number of hydrogen-bond acceptors (Lipinski definition) is 2. The molecule has 0 amide bonds. The van der Waals surface area contributed by atoms with Gasteiger partial charge in [-0.05, 0) is 59.0 Å². The van der Waals surface area contributed by atoms with Gasteiger partial charge in [-0.25, -0.2) is 0 Å². The highest BCUT2D eigenvalue weighted by Crippen LogP contribution is 2.27. The van der Waals surface area contributed by atoms with E-state index in [0.29, 0.717) is 15.6 Å². The zero-order chi connectivity index (χ0) is 13.1. The highest BCUT2D eigenvalue weighted by atomic mass is 127. The Morgan fingerprint density at radius 2 is 1.89 bits per heavy atom. The molecule has 0 aromatic heterocycles. The number of nitrogens with one attached hydrogen (secondary N) is 1. The van der Waals surface area contributed by atoms with E-state index in [1.165, 1.54) is 0 Å². The smallest absolute Gasteiger partial charge is 0.101 e. The van der Waals surface area contributed by atoms with E-state index in [0.717, 1.165) is 14.9 Å². The topological polar surface area (TPSA) is 35.8 Å². The van der Waals surface area contributed by atoms with Gasteiger partial charge in [-0.1, -0.05) is 23.2 Å². The van der Waals surface area contributed by atoms with Gasteiger partial charge in [0.05, 0.1) is 16.3 Å². The molecule has 2 aromatic rings. The second-order valence-corrected chi connectivity index (χ2v) is 5.56. The first-order chi connectivity index (χ1) is 8.60. The maximum atomic E-state index is 8.80. The van der Waals surface area contributed by atoms with Crippen LogP contribution in [0, 0.1) is 14.9 Å². The molecule has 5 heteroatoms. The molecule has 0 unspecified atom stereocenters. The standard InChI is InChI=1S/C13H7Cl2IN2/c14-9-2-4-13(12(16)5-9)18-10-3-1-8(7-17)11(15)6-10/h1-6,18H. The van der Waals surface area contributed by atoms with Crippen LogP contribution in [0.4, 0.5) is 11.4 Å². The van der Waals surface area contributed by atoms with E-state index in [9.17, 15) is 0 Å². The molecule has 0 saturated heterocycles. The lowest BCUT2D eigenvalue weighted by Crippen LogP contribution is -1.93. The molecular formula is C13H7Cl2IN2. The predicted octanol–water partition coefficient (Wildman–Crippen LogP) is 5.21. The first kappa shape index (κ1) is 13.5. The number of nitrogens with zero attached hydrogens (tertiary/aromatic N) is 1. The Morgan fingerprint density at radius 1 is 1.11 bits per heavy atom. The molecule has 0 atom stereocenters. The molecule has 0 saturated carbocycles. The molecule has 2 aromatic carbocycles. The molecule has 2 nitrogen and oxygen atoms in total. The van der Waals surface area contributed by atoms with Crippen LogP contribution in [0.1, 0.15) is 5.56 Å². The average Bonchev–Trinajstić information content (AvgIpc) is 2.33. The third-order valence-electron chi connectivity index (χ3n) is 2.30. The van der Waals surface area contributed by atoms with Crippen molar-refractivity contribution < 1.29 is 0 Å². The van der Waals surface area contributed by atoms with Gasteiger partial charge >= 0.3 is 0 Å². The first-order valence-corrected chi connectivity index (χ1v) is 6.85. The molecule has 18 heavy (non-hydrogen) atoms. The predicted molar refractivity (Wildman–Crippen MR) is 83.6 cm³/mol. The summed E-state index contributed by atoms with van der Waals surface area (Å²) in [6, 6.07) is 12.8. The van der Waals surface area contributed by atoms with Crippen molar-refractivity contribution >= 4 is 57.2 Å². The van der Waals surface area contributed by atoms with Crippen LogP contribution in [0.3, 0.4) is 0 Å². The fraction of sp³-hybridized carbons (Fsp3) is 0. The van der Waals surface area contributed by atoms with Gasteiger partial charge in [-0.3, -0.25) is 0 Å². The summed E-state index contributed by atoms with van der Waals surface area (Å²) in [5, 5.41) is 13.2. The number of anilines is 2. The summed E-state index contributed by atoms with van der Waals surface area (Å²) in [6.45, 7) is 0. The molecule has 0 heterocycles. The van der Waals surface area contributed by atoms with Crippen LogP contribution in [0.15, 0.2) is 36.4 Å². The van der Waals surface area contributed by atoms with E-state index in [1.807, 2.05) is 30.3 Å². The van der Waals surface area contributed by atoms with Crippen molar-refractivity contribution in [1.29, 1.82) is 5.26 Å². The molecule has 0 radical (unpaired) electrons. The summed E-state index contributed by atoms with van der Waals surface area (Å²) in [6.07, 6.45) is 0. The molecule has 0 bridgehead atoms. The molecule has 0 aliphatic rings. The van der Waals surface area contributed by atoms with E-state index in [-0.39, 0.29) is 0 Å². The summed E-state index contributed by atoms with van der Waals surface area (Å²) in [5.41, 5.74) is 2.24. The van der Waals surface area contributed by atoms with E-state index < -0.39 is 0 Å². The lowest BCUT2D eigenvalue weighted by atomic mass is 10.2. The molecule has 1 N–H and O–H groups in total. The van der Waals surface area contributed by atoms with Crippen LogP contribution in [0.25, 0.3) is 0 Å². The van der Waals surface area contributed by atoms with Crippen LogP contribution in [-0.4, -0.2) is 0 Å². The van der Waals surface area contributed by atoms with Crippen LogP contribution >= 0.6 is 45.8 Å². The highest BCUT2D eigenvalue weighted by molar-refractivity contribution is 14.1. The summed E-state index contributed by atoms with van der Waals surface area (Å²) < 4.78 is 1.01. The molecule has 0 fully saturated rings. The zero-order valence-electron chi connectivity index (χ0n) is 9.05. The molecule has 2 rings (SSSR count). The minimum absolute atomic E-state index is 0.437. The minimum atomic E-state index is 0.437. The second kappa shape index (κ2) is 5.79. The van der Waals surface area contributed by atoms with Crippen molar-refractivity contribution in [3.63, 3.8) is 0 Å². The van der Waals surface area contributed by atoms with Gasteiger partial charge in [0.2, 0.25) is 0 Å². The maximum Gasteiger partial charge on any atom is 0.101 e. The average molecular weight is 389 g/mol. The van der Waals surface area contributed by atoms with E-state index in [1.54, 1.807) is 12.1 Å². The largest absolute Gasteiger partial charge is 0.355 e. The van der Waals surface area contributed by atoms with Crippen molar-refractivity contribution in [2.45, 2.75) is 0 Å². The minimum Gasteiger partial charge on any atom is -0.355 e. The van der Waals surface area contributed by atoms with Crippen molar-refractivity contribution in [2.24, 2.45) is 0 Å². The van der Waals surface area contributed by atoms with Crippen LogP contribution in [0.2, 0.25) is 10.0 Å². The van der Waals surface area contributed by atoms with E-state index >= 15 is 0 Å². The number of rotatable bonds is 2. The monoisotopic (exact) mass is 388 g/mol. The fourth-order valence-corrected chi connectivity index (χ4v) is 2.66. The molecule has 0 aliphatic carbocycles. The normalized spacial score (nSPS) is 9.89. The Morgan fingerprint density at radius 3 is 2.50 bits per heavy atom. The number of halogens is 3. The summed E-state index contributed by atoms with van der Waals surface area (Å²) >= 11 is 14.1. The summed E-state index contributed by atoms with van der Waals surface area (Å²) in [5.74, 6) is 0. The molecule has 0 aliphatic heterocycles. The summed E-state index contributed by atoms with van der Waals surface area (Å²) in [7, 11) is 0. The Balaban J connectivity index is 2.29. The Labute approximate surface area is 129 Å². The van der Waals surface area contributed by atoms with Crippen molar-refractivity contribution in [3.05, 3.63) is 55.6 Å². The molecular weight excluding hydrogens is 382 g/mol. The third kappa shape index (κ3) is 3.08. The first-order valence-electron chi connectivity index (χ1n) is 5.02. The Hall–Kier alpha value is -0.960. The van der Waals surface area contributed by atoms with Crippen molar-refractivity contribution in [1.82, 2.24) is 0 Å². The van der Waals surface area contributed by atoms with Crippen LogP contribution < -0.4 is 5.32 Å². The summed E-state index contributed by atoms with van der Waals surface area (Å²) in [4.78, 5) is 0. The second-order valence-electron chi connectivity index (χ2n) is 3.56. The van der Waals surface area contributed by atoms with Gasteiger partial charge in [0, 0.05) is 14.3 Å². The molecule has 0 spiro atoms. The van der Waals surface area contributed by atoms with Gasteiger partial charge < -0.3 is 5.32 Å². The number of nitriles is 1. The fourth-order valence-electron chi connectivity index (χ4n) is 1.43. The number of benzene rings is 2.